The van der Waals surface area contributed by atoms with Crippen LogP contribution in [-0.4, -0.2) is 14.0 Å². The Morgan fingerprint density at radius 3 is 2.78 bits per heavy atom. The van der Waals surface area contributed by atoms with Crippen molar-refractivity contribution in [2.75, 3.05) is 5.32 Å². The van der Waals surface area contributed by atoms with E-state index in [1.807, 2.05) is 35.1 Å². The lowest BCUT2D eigenvalue weighted by molar-refractivity contribution is 0.883. The summed E-state index contributed by atoms with van der Waals surface area (Å²) in [5.74, 6) is 0. The summed E-state index contributed by atoms with van der Waals surface area (Å²) in [6.07, 6.45) is 0. The van der Waals surface area contributed by atoms with Gasteiger partial charge in [-0.15, -0.1) is 0 Å². The molecule has 3 aromatic rings. The molecule has 0 fully saturated rings. The molecule has 0 aliphatic rings. The minimum absolute atomic E-state index is 0.239. The van der Waals surface area contributed by atoms with Gasteiger partial charge in [0.15, 0.2) is 5.65 Å². The predicted molar refractivity (Wildman–Crippen MR) is 74.1 cm³/mol. The Morgan fingerprint density at radius 1 is 1.28 bits per heavy atom. The van der Waals surface area contributed by atoms with Crippen molar-refractivity contribution in [1.82, 2.24) is 14.0 Å². The van der Waals surface area contributed by atoms with Crippen LogP contribution in [-0.2, 0) is 0 Å². The quantitative estimate of drug-likeness (QED) is 0.784. The molecule has 92 valence electrons. The molecule has 1 unspecified atom stereocenters. The second-order valence-corrected chi connectivity index (χ2v) is 5.22. The Balaban J connectivity index is 1.81. The van der Waals surface area contributed by atoms with E-state index in [0.29, 0.717) is 0 Å². The first-order valence-electron chi connectivity index (χ1n) is 5.87. The summed E-state index contributed by atoms with van der Waals surface area (Å²) in [5, 5.41) is 8.64. The van der Waals surface area contributed by atoms with Crippen molar-refractivity contribution >= 4 is 22.3 Å². The van der Waals surface area contributed by atoms with Gasteiger partial charge in [0.25, 0.3) is 0 Å². The van der Waals surface area contributed by atoms with Gasteiger partial charge in [0, 0.05) is 17.6 Å². The number of fused-ring (bicyclic) bond motifs is 1. The Kier molecular flexibility index (Phi) is 2.76. The van der Waals surface area contributed by atoms with Gasteiger partial charge in [-0.1, -0.05) is 30.3 Å². The summed E-state index contributed by atoms with van der Waals surface area (Å²) in [6, 6.07) is 12.6. The lowest BCUT2D eigenvalue weighted by Gasteiger charge is -2.12. The van der Waals surface area contributed by atoms with Crippen LogP contribution >= 0.6 is 11.5 Å². The molecule has 0 spiro atoms. The van der Waals surface area contributed by atoms with Gasteiger partial charge in [-0.05, 0) is 19.4 Å². The van der Waals surface area contributed by atoms with Gasteiger partial charge in [0.05, 0.1) is 11.7 Å². The van der Waals surface area contributed by atoms with E-state index in [-0.39, 0.29) is 6.04 Å². The first-order valence-corrected chi connectivity index (χ1v) is 6.65. The van der Waals surface area contributed by atoms with Crippen molar-refractivity contribution in [3.8, 4) is 0 Å². The van der Waals surface area contributed by atoms with Crippen molar-refractivity contribution in [3.63, 3.8) is 0 Å². The highest BCUT2D eigenvalue weighted by atomic mass is 32.1. The van der Waals surface area contributed by atoms with Gasteiger partial charge in [-0.3, -0.25) is 0 Å². The lowest BCUT2D eigenvalue weighted by atomic mass is 10.1. The van der Waals surface area contributed by atoms with Gasteiger partial charge in [0.2, 0.25) is 5.13 Å². The zero-order valence-electron chi connectivity index (χ0n) is 10.3. The van der Waals surface area contributed by atoms with E-state index in [1.54, 1.807) is 0 Å². The third-order valence-electron chi connectivity index (χ3n) is 2.81. The van der Waals surface area contributed by atoms with Crippen LogP contribution in [0.25, 0.3) is 5.65 Å². The molecule has 0 saturated carbocycles. The molecule has 0 aliphatic heterocycles. The number of nitrogens with one attached hydrogen (secondary N) is 1. The number of benzene rings is 1. The third kappa shape index (κ3) is 2.09. The molecule has 0 aliphatic carbocycles. The SMILES string of the molecule is Cc1cc2nc(NC(C)c3ccccc3)sn2n1. The van der Waals surface area contributed by atoms with E-state index < -0.39 is 0 Å². The molecular formula is C13H14N4S. The molecule has 2 heterocycles. The number of aromatic nitrogens is 3. The third-order valence-corrected chi connectivity index (χ3v) is 3.63. The van der Waals surface area contributed by atoms with Gasteiger partial charge in [-0.25, -0.2) is 0 Å². The summed E-state index contributed by atoms with van der Waals surface area (Å²) in [6.45, 7) is 4.10. The highest BCUT2D eigenvalue weighted by Crippen LogP contribution is 2.22. The summed E-state index contributed by atoms with van der Waals surface area (Å²) in [5.41, 5.74) is 3.15. The lowest BCUT2D eigenvalue weighted by Crippen LogP contribution is -2.05. The zero-order chi connectivity index (χ0) is 12.5. The summed E-state index contributed by atoms with van der Waals surface area (Å²) >= 11 is 1.52. The Labute approximate surface area is 109 Å². The fraction of sp³-hybridized carbons (Fsp3) is 0.231. The van der Waals surface area contributed by atoms with Gasteiger partial charge in [-0.2, -0.15) is 14.0 Å². The van der Waals surface area contributed by atoms with Crippen molar-refractivity contribution < 1.29 is 0 Å². The first kappa shape index (κ1) is 11.2. The smallest absolute Gasteiger partial charge is 0.203 e. The summed E-state index contributed by atoms with van der Waals surface area (Å²) in [4.78, 5) is 4.51. The number of rotatable bonds is 3. The highest BCUT2D eigenvalue weighted by molar-refractivity contribution is 7.10. The molecular weight excluding hydrogens is 244 g/mol. The molecule has 2 aromatic heterocycles. The standard InChI is InChI=1S/C13H14N4S/c1-9-8-12-15-13(18-17(12)16-9)14-10(2)11-6-4-3-5-7-11/h3-8,10H,1-2H3,(H,14,15). The second-order valence-electron chi connectivity index (χ2n) is 4.30. The fourth-order valence-corrected chi connectivity index (χ4v) is 2.77. The van der Waals surface area contributed by atoms with E-state index in [9.17, 15) is 0 Å². The number of aryl methyl sites for hydroxylation is 1. The van der Waals surface area contributed by atoms with Crippen LogP contribution in [0, 0.1) is 6.92 Å². The summed E-state index contributed by atoms with van der Waals surface area (Å²) in [7, 11) is 0. The molecule has 1 N–H and O–H groups in total. The largest absolute Gasteiger partial charge is 0.354 e. The Bertz CT molecular complexity index is 624. The van der Waals surface area contributed by atoms with Crippen molar-refractivity contribution in [2.24, 2.45) is 0 Å². The van der Waals surface area contributed by atoms with Gasteiger partial charge < -0.3 is 5.32 Å². The number of nitrogens with zero attached hydrogens (tertiary/aromatic N) is 3. The van der Waals surface area contributed by atoms with E-state index in [0.717, 1.165) is 16.5 Å². The van der Waals surface area contributed by atoms with Crippen LogP contribution in [0.15, 0.2) is 36.4 Å². The molecule has 1 atom stereocenters. The topological polar surface area (TPSA) is 42.2 Å². The minimum atomic E-state index is 0.239. The average molecular weight is 258 g/mol. The van der Waals surface area contributed by atoms with Gasteiger partial charge >= 0.3 is 0 Å². The monoisotopic (exact) mass is 258 g/mol. The minimum Gasteiger partial charge on any atom is -0.354 e. The normalized spacial score (nSPS) is 12.8. The maximum absolute atomic E-state index is 4.51. The van der Waals surface area contributed by atoms with E-state index in [1.165, 1.54) is 17.1 Å². The molecule has 18 heavy (non-hydrogen) atoms. The van der Waals surface area contributed by atoms with Gasteiger partial charge in [0.1, 0.15) is 0 Å². The maximum Gasteiger partial charge on any atom is 0.203 e. The molecule has 0 radical (unpaired) electrons. The predicted octanol–water partition coefficient (Wildman–Crippen LogP) is 3.27. The molecule has 0 amide bonds. The average Bonchev–Trinajstić information content (AvgIpc) is 2.86. The molecule has 0 bridgehead atoms. The highest BCUT2D eigenvalue weighted by Gasteiger charge is 2.09. The Morgan fingerprint density at radius 2 is 2.06 bits per heavy atom. The second kappa shape index (κ2) is 4.42. The first-order chi connectivity index (χ1) is 8.72. The fourth-order valence-electron chi connectivity index (χ4n) is 1.88. The molecule has 1 aromatic carbocycles. The van der Waals surface area contributed by atoms with Crippen LogP contribution in [0.2, 0.25) is 0 Å². The van der Waals surface area contributed by atoms with E-state index in [2.05, 4.69) is 34.5 Å². The van der Waals surface area contributed by atoms with Crippen molar-refractivity contribution in [2.45, 2.75) is 19.9 Å². The van der Waals surface area contributed by atoms with E-state index >= 15 is 0 Å². The molecule has 4 nitrogen and oxygen atoms in total. The molecule has 0 saturated heterocycles. The molecule has 3 rings (SSSR count). The van der Waals surface area contributed by atoms with E-state index in [4.69, 9.17) is 0 Å². The van der Waals surface area contributed by atoms with Crippen LogP contribution in [0.1, 0.15) is 24.2 Å². The Hall–Kier alpha value is -1.88. The maximum atomic E-state index is 4.51. The number of hydrogen-bond donors (Lipinski definition) is 1. The van der Waals surface area contributed by atoms with Crippen LogP contribution in [0.5, 0.6) is 0 Å². The zero-order valence-corrected chi connectivity index (χ0v) is 11.1. The van der Waals surface area contributed by atoms with Crippen LogP contribution in [0.3, 0.4) is 0 Å². The van der Waals surface area contributed by atoms with Crippen molar-refractivity contribution in [3.05, 3.63) is 47.7 Å². The number of hydrogen-bond acceptors (Lipinski definition) is 4. The summed E-state index contributed by atoms with van der Waals surface area (Å²) < 4.78 is 1.84. The van der Waals surface area contributed by atoms with Crippen molar-refractivity contribution in [1.29, 1.82) is 0 Å². The number of anilines is 1. The molecule has 5 heteroatoms. The van der Waals surface area contributed by atoms with Crippen LogP contribution in [0.4, 0.5) is 5.13 Å². The van der Waals surface area contributed by atoms with Crippen LogP contribution < -0.4 is 5.32 Å².